The van der Waals surface area contributed by atoms with E-state index in [9.17, 15) is 25.5 Å². The van der Waals surface area contributed by atoms with E-state index in [4.69, 9.17) is 0 Å². The van der Waals surface area contributed by atoms with Gasteiger partial charge in [0, 0.05) is 17.7 Å². The summed E-state index contributed by atoms with van der Waals surface area (Å²) < 4.78 is 0. The van der Waals surface area contributed by atoms with Gasteiger partial charge < -0.3 is 25.5 Å². The Hall–Kier alpha value is -4.17. The number of hydrogen-bond donors (Lipinski definition) is 5. The van der Waals surface area contributed by atoms with Crippen LogP contribution in [0.15, 0.2) is 66.8 Å². The zero-order chi connectivity index (χ0) is 22.2. The second kappa shape index (κ2) is 7.58. The first-order valence-electron chi connectivity index (χ1n) is 9.34. The number of hydrogen-bond acceptors (Lipinski definition) is 8. The molecule has 0 saturated heterocycles. The van der Waals surface area contributed by atoms with E-state index >= 15 is 0 Å². The van der Waals surface area contributed by atoms with Crippen LogP contribution in [0.25, 0.3) is 28.3 Å². The van der Waals surface area contributed by atoms with Crippen LogP contribution in [0.2, 0.25) is 0 Å². The minimum Gasteiger partial charge on any atom is -0.508 e. The number of aromatic hydroxyl groups is 4. The quantitative estimate of drug-likeness (QED) is 0.437. The summed E-state index contributed by atoms with van der Waals surface area (Å²) in [5.41, 5.74) is -0.266. The number of allylic oxidation sites excluding steroid dienone is 4. The monoisotopic (exact) mass is 417 g/mol. The lowest BCUT2D eigenvalue weighted by molar-refractivity contribution is 0.165. The zero-order valence-corrected chi connectivity index (χ0v) is 16.4. The molecule has 0 bridgehead atoms. The van der Waals surface area contributed by atoms with Gasteiger partial charge in [-0.05, 0) is 43.3 Å². The highest BCUT2D eigenvalue weighted by molar-refractivity contribution is 5.76. The molecule has 1 atom stereocenters. The average Bonchev–Trinajstić information content (AvgIpc) is 2.88. The Morgan fingerprint density at radius 2 is 1.23 bits per heavy atom. The standard InChI is InChI=1S/C23H19N3O5/c1-23(31)9-3-2-4-13(12-23)20-24-21(16-7-5-14(27)10-18(16)29)26-22(25-20)17-8-6-15(28)11-19(17)30/h2-12,27-31H,1H3. The average molecular weight is 417 g/mol. The molecule has 2 aromatic carbocycles. The van der Waals surface area contributed by atoms with E-state index in [2.05, 4.69) is 15.0 Å². The van der Waals surface area contributed by atoms with E-state index < -0.39 is 5.60 Å². The highest BCUT2D eigenvalue weighted by atomic mass is 16.3. The van der Waals surface area contributed by atoms with Crippen LogP contribution in [0.1, 0.15) is 12.7 Å². The van der Waals surface area contributed by atoms with Crippen LogP contribution < -0.4 is 0 Å². The van der Waals surface area contributed by atoms with Crippen LogP contribution in [-0.4, -0.2) is 46.1 Å². The molecule has 0 amide bonds. The first-order valence-corrected chi connectivity index (χ1v) is 9.34. The molecule has 1 heterocycles. The fraction of sp³-hybridized carbons (Fsp3) is 0.0870. The van der Waals surface area contributed by atoms with Gasteiger partial charge in [0.05, 0.1) is 16.7 Å². The van der Waals surface area contributed by atoms with Crippen molar-refractivity contribution in [2.45, 2.75) is 12.5 Å². The molecule has 0 saturated carbocycles. The van der Waals surface area contributed by atoms with Gasteiger partial charge in [0.15, 0.2) is 17.5 Å². The third kappa shape index (κ3) is 4.24. The van der Waals surface area contributed by atoms with Gasteiger partial charge in [0.2, 0.25) is 0 Å². The SMILES string of the molecule is CC1(O)C=CC=CC(c2nc(-c3ccc(O)cc3O)nc(-c3ccc(O)cc3O)n2)=C1. The number of phenols is 4. The number of aromatic nitrogens is 3. The molecule has 5 N–H and O–H groups in total. The fourth-order valence-electron chi connectivity index (χ4n) is 3.12. The van der Waals surface area contributed by atoms with Gasteiger partial charge in [0.1, 0.15) is 23.0 Å². The molecule has 1 aliphatic rings. The second-order valence-electron chi connectivity index (χ2n) is 7.25. The van der Waals surface area contributed by atoms with Crippen LogP contribution >= 0.6 is 0 Å². The summed E-state index contributed by atoms with van der Waals surface area (Å²) in [5, 5.41) is 50.3. The topological polar surface area (TPSA) is 140 Å². The second-order valence-corrected chi connectivity index (χ2v) is 7.25. The third-order valence-electron chi connectivity index (χ3n) is 4.61. The smallest absolute Gasteiger partial charge is 0.167 e. The van der Waals surface area contributed by atoms with E-state index in [0.29, 0.717) is 5.57 Å². The summed E-state index contributed by atoms with van der Waals surface area (Å²) in [6.07, 6.45) is 8.32. The van der Waals surface area contributed by atoms with Crippen molar-refractivity contribution in [3.8, 4) is 45.8 Å². The highest BCUT2D eigenvalue weighted by Gasteiger charge is 2.20. The molecule has 0 radical (unpaired) electrons. The Labute approximate surface area is 177 Å². The maximum absolute atomic E-state index is 10.5. The lowest BCUT2D eigenvalue weighted by Gasteiger charge is -2.15. The van der Waals surface area contributed by atoms with E-state index in [1.54, 1.807) is 37.3 Å². The number of rotatable bonds is 3. The Morgan fingerprint density at radius 1 is 0.710 bits per heavy atom. The third-order valence-corrected chi connectivity index (χ3v) is 4.61. The minimum atomic E-state index is -1.24. The fourth-order valence-corrected chi connectivity index (χ4v) is 3.12. The highest BCUT2D eigenvalue weighted by Crippen LogP contribution is 2.35. The number of aliphatic hydroxyl groups is 1. The molecule has 1 aromatic heterocycles. The molecular formula is C23H19N3O5. The summed E-state index contributed by atoms with van der Waals surface area (Å²) in [6.45, 7) is 1.61. The summed E-state index contributed by atoms with van der Waals surface area (Å²) in [6, 6.07) is 8.01. The molecule has 0 fully saturated rings. The van der Waals surface area contributed by atoms with Gasteiger partial charge in [-0.25, -0.2) is 15.0 Å². The Bertz CT molecular complexity index is 1190. The van der Waals surface area contributed by atoms with Gasteiger partial charge in [0.25, 0.3) is 0 Å². The van der Waals surface area contributed by atoms with Gasteiger partial charge in [-0.1, -0.05) is 18.2 Å². The molecule has 8 heteroatoms. The zero-order valence-electron chi connectivity index (χ0n) is 16.4. The molecular weight excluding hydrogens is 398 g/mol. The van der Waals surface area contributed by atoms with Crippen LogP contribution in [-0.2, 0) is 0 Å². The largest absolute Gasteiger partial charge is 0.508 e. The van der Waals surface area contributed by atoms with Crippen LogP contribution in [0.4, 0.5) is 0 Å². The molecule has 1 unspecified atom stereocenters. The molecule has 0 spiro atoms. The predicted octanol–water partition coefficient (Wildman–Crippen LogP) is 3.29. The van der Waals surface area contributed by atoms with Crippen molar-refractivity contribution in [1.82, 2.24) is 15.0 Å². The minimum absolute atomic E-state index is 0.0936. The molecule has 0 aliphatic heterocycles. The van der Waals surface area contributed by atoms with Crippen LogP contribution in [0, 0.1) is 0 Å². The lowest BCUT2D eigenvalue weighted by atomic mass is 10.0. The van der Waals surface area contributed by atoms with Crippen LogP contribution in [0.5, 0.6) is 23.0 Å². The van der Waals surface area contributed by atoms with Crippen molar-refractivity contribution in [3.63, 3.8) is 0 Å². The maximum Gasteiger partial charge on any atom is 0.167 e. The number of benzene rings is 2. The Kier molecular flexibility index (Phi) is 4.92. The van der Waals surface area contributed by atoms with E-state index in [1.165, 1.54) is 24.3 Å². The van der Waals surface area contributed by atoms with Gasteiger partial charge in [-0.2, -0.15) is 0 Å². The van der Waals surface area contributed by atoms with E-state index in [-0.39, 0.29) is 51.6 Å². The summed E-state index contributed by atoms with van der Waals surface area (Å²) in [5.74, 6) is -0.339. The molecule has 31 heavy (non-hydrogen) atoms. The molecule has 8 nitrogen and oxygen atoms in total. The van der Waals surface area contributed by atoms with Gasteiger partial charge >= 0.3 is 0 Å². The molecule has 1 aliphatic carbocycles. The van der Waals surface area contributed by atoms with Crippen molar-refractivity contribution < 1.29 is 25.5 Å². The van der Waals surface area contributed by atoms with Crippen molar-refractivity contribution in [3.05, 3.63) is 72.6 Å². The maximum atomic E-state index is 10.5. The Morgan fingerprint density at radius 3 is 1.74 bits per heavy atom. The van der Waals surface area contributed by atoms with Crippen molar-refractivity contribution in [2.24, 2.45) is 0 Å². The Balaban J connectivity index is 1.96. The molecule has 156 valence electrons. The first-order chi connectivity index (χ1) is 14.7. The lowest BCUT2D eigenvalue weighted by Crippen LogP contribution is -2.17. The summed E-state index contributed by atoms with van der Waals surface area (Å²) >= 11 is 0. The molecule has 4 rings (SSSR count). The van der Waals surface area contributed by atoms with Crippen molar-refractivity contribution in [1.29, 1.82) is 0 Å². The van der Waals surface area contributed by atoms with Crippen molar-refractivity contribution >= 4 is 5.57 Å². The van der Waals surface area contributed by atoms with E-state index in [1.807, 2.05) is 0 Å². The summed E-state index contributed by atoms with van der Waals surface area (Å²) in [4.78, 5) is 13.3. The normalized spacial score (nSPS) is 17.9. The number of nitrogens with zero attached hydrogens (tertiary/aromatic N) is 3. The number of phenolic OH excluding ortho intramolecular Hbond substituents is 4. The first kappa shape index (κ1) is 20.1. The van der Waals surface area contributed by atoms with Gasteiger partial charge in [-0.3, -0.25) is 0 Å². The predicted molar refractivity (Wildman–Crippen MR) is 114 cm³/mol. The van der Waals surface area contributed by atoms with Gasteiger partial charge in [-0.15, -0.1) is 0 Å². The van der Waals surface area contributed by atoms with E-state index in [0.717, 1.165) is 12.1 Å². The molecule has 3 aromatic rings. The van der Waals surface area contributed by atoms with Crippen LogP contribution in [0.3, 0.4) is 0 Å². The van der Waals surface area contributed by atoms with Crippen molar-refractivity contribution in [2.75, 3.05) is 0 Å². The summed E-state index contributed by atoms with van der Waals surface area (Å²) in [7, 11) is 0.